The molecular weight excluding hydrogens is 180 g/mol. The highest BCUT2D eigenvalue weighted by Crippen LogP contribution is 2.19. The van der Waals surface area contributed by atoms with Crippen molar-refractivity contribution in [1.82, 2.24) is 0 Å². The van der Waals surface area contributed by atoms with E-state index in [1.807, 2.05) is 6.92 Å². The molecule has 14 heavy (non-hydrogen) atoms. The van der Waals surface area contributed by atoms with Crippen molar-refractivity contribution in [3.63, 3.8) is 0 Å². The van der Waals surface area contributed by atoms with Crippen molar-refractivity contribution < 1.29 is 14.6 Å². The molecule has 0 amide bonds. The maximum absolute atomic E-state index is 11.0. The van der Waals surface area contributed by atoms with E-state index in [1.54, 1.807) is 18.2 Å². The molecule has 0 unspecified atom stereocenters. The lowest BCUT2D eigenvalue weighted by atomic mass is 10.1. The monoisotopic (exact) mass is 194 g/mol. The van der Waals surface area contributed by atoms with Crippen molar-refractivity contribution in [2.24, 2.45) is 0 Å². The van der Waals surface area contributed by atoms with Crippen molar-refractivity contribution in [2.45, 2.75) is 20.5 Å². The maximum atomic E-state index is 11.0. The largest absolute Gasteiger partial charge is 0.507 e. The number of hydrogen-bond donors (Lipinski definition) is 1. The minimum Gasteiger partial charge on any atom is -0.507 e. The molecule has 0 bridgehead atoms. The summed E-state index contributed by atoms with van der Waals surface area (Å²) < 4.78 is 5.18. The molecule has 3 nitrogen and oxygen atoms in total. The van der Waals surface area contributed by atoms with Crippen molar-refractivity contribution in [1.29, 1.82) is 0 Å². The van der Waals surface area contributed by atoms with E-state index in [2.05, 4.69) is 0 Å². The van der Waals surface area contributed by atoms with Gasteiger partial charge in [-0.1, -0.05) is 6.07 Å². The highest BCUT2D eigenvalue weighted by Gasteiger charge is 2.06. The van der Waals surface area contributed by atoms with Gasteiger partial charge in [-0.25, -0.2) is 0 Å². The molecule has 1 N–H and O–H groups in total. The summed E-state index contributed by atoms with van der Waals surface area (Å²) in [6, 6.07) is 4.96. The van der Waals surface area contributed by atoms with E-state index >= 15 is 0 Å². The summed E-state index contributed by atoms with van der Waals surface area (Å²) in [5.74, 6) is -0.111. The summed E-state index contributed by atoms with van der Waals surface area (Å²) in [7, 11) is 0. The number of benzene rings is 1. The van der Waals surface area contributed by atoms with Gasteiger partial charge >= 0.3 is 0 Å². The van der Waals surface area contributed by atoms with Crippen LogP contribution in [-0.2, 0) is 11.3 Å². The summed E-state index contributed by atoms with van der Waals surface area (Å²) in [6.45, 7) is 4.43. The number of phenolic OH excluding ortho intramolecular Hbond substituents is 1. The van der Waals surface area contributed by atoms with E-state index < -0.39 is 0 Å². The zero-order valence-corrected chi connectivity index (χ0v) is 8.41. The van der Waals surface area contributed by atoms with Crippen LogP contribution in [0.25, 0.3) is 0 Å². The summed E-state index contributed by atoms with van der Waals surface area (Å²) in [4.78, 5) is 11.0. The molecule has 0 aliphatic heterocycles. The highest BCUT2D eigenvalue weighted by atomic mass is 16.5. The van der Waals surface area contributed by atoms with Gasteiger partial charge in [0.25, 0.3) is 0 Å². The highest BCUT2D eigenvalue weighted by molar-refractivity contribution is 5.96. The van der Waals surface area contributed by atoms with Gasteiger partial charge in [0.2, 0.25) is 0 Å². The molecule has 0 radical (unpaired) electrons. The van der Waals surface area contributed by atoms with Gasteiger partial charge in [0.05, 0.1) is 12.2 Å². The number of rotatable bonds is 4. The predicted molar refractivity (Wildman–Crippen MR) is 53.4 cm³/mol. The van der Waals surface area contributed by atoms with Crippen molar-refractivity contribution >= 4 is 5.78 Å². The zero-order chi connectivity index (χ0) is 10.6. The van der Waals surface area contributed by atoms with Gasteiger partial charge in [-0.15, -0.1) is 0 Å². The molecule has 0 saturated carbocycles. The van der Waals surface area contributed by atoms with Gasteiger partial charge in [-0.05, 0) is 31.5 Å². The fourth-order valence-electron chi connectivity index (χ4n) is 1.18. The minimum absolute atomic E-state index is 0.0229. The van der Waals surface area contributed by atoms with Crippen LogP contribution in [0.15, 0.2) is 18.2 Å². The number of Topliss-reactive ketones (excluding diaryl/α,β-unsaturated/α-hetero) is 1. The van der Waals surface area contributed by atoms with Crippen LogP contribution in [0.2, 0.25) is 0 Å². The molecule has 76 valence electrons. The average molecular weight is 194 g/mol. The first-order valence-corrected chi connectivity index (χ1v) is 4.55. The Morgan fingerprint density at radius 2 is 2.21 bits per heavy atom. The lowest BCUT2D eigenvalue weighted by molar-refractivity contribution is 0.101. The second kappa shape index (κ2) is 4.77. The molecule has 0 heterocycles. The van der Waals surface area contributed by atoms with Crippen molar-refractivity contribution in [3.05, 3.63) is 29.3 Å². The van der Waals surface area contributed by atoms with Crippen LogP contribution in [0, 0.1) is 0 Å². The summed E-state index contributed by atoms with van der Waals surface area (Å²) in [5, 5.41) is 9.48. The number of carbonyl (C=O) groups excluding carboxylic acids is 1. The van der Waals surface area contributed by atoms with E-state index in [0.29, 0.717) is 18.8 Å². The Balaban J connectivity index is 2.83. The normalized spacial score (nSPS) is 10.1. The Morgan fingerprint density at radius 1 is 1.50 bits per heavy atom. The second-order valence-electron chi connectivity index (χ2n) is 3.04. The van der Waals surface area contributed by atoms with Gasteiger partial charge in [0.1, 0.15) is 5.75 Å². The van der Waals surface area contributed by atoms with Crippen LogP contribution in [0.3, 0.4) is 0 Å². The Hall–Kier alpha value is -1.35. The number of ether oxygens (including phenoxy) is 1. The lowest BCUT2D eigenvalue weighted by Gasteiger charge is -2.04. The van der Waals surface area contributed by atoms with Crippen LogP contribution < -0.4 is 0 Å². The molecule has 0 aromatic heterocycles. The molecule has 1 aromatic rings. The molecule has 0 spiro atoms. The third-order valence-electron chi connectivity index (χ3n) is 1.91. The van der Waals surface area contributed by atoms with Crippen LogP contribution >= 0.6 is 0 Å². The third kappa shape index (κ3) is 2.57. The number of ketones is 1. The van der Waals surface area contributed by atoms with E-state index in [-0.39, 0.29) is 11.5 Å². The molecule has 1 aromatic carbocycles. The third-order valence-corrected chi connectivity index (χ3v) is 1.91. The van der Waals surface area contributed by atoms with Gasteiger partial charge in [-0.3, -0.25) is 4.79 Å². The second-order valence-corrected chi connectivity index (χ2v) is 3.04. The van der Waals surface area contributed by atoms with E-state index in [1.165, 1.54) is 6.92 Å². The Morgan fingerprint density at radius 3 is 2.71 bits per heavy atom. The molecule has 0 aliphatic carbocycles. The molecule has 3 heteroatoms. The van der Waals surface area contributed by atoms with E-state index in [0.717, 1.165) is 5.56 Å². The zero-order valence-electron chi connectivity index (χ0n) is 8.41. The van der Waals surface area contributed by atoms with Crippen LogP contribution in [0.1, 0.15) is 29.8 Å². The average Bonchev–Trinajstić information content (AvgIpc) is 2.14. The molecule has 0 aliphatic rings. The number of hydrogen-bond acceptors (Lipinski definition) is 3. The van der Waals surface area contributed by atoms with Crippen LogP contribution in [0.5, 0.6) is 5.75 Å². The molecule has 1 rings (SSSR count). The standard InChI is InChI=1S/C11H14O3/c1-3-14-7-9-4-5-10(8(2)12)11(13)6-9/h4-6,13H,3,7H2,1-2H3. The number of aromatic hydroxyl groups is 1. The molecular formula is C11H14O3. The first-order valence-electron chi connectivity index (χ1n) is 4.55. The number of phenols is 1. The van der Waals surface area contributed by atoms with Crippen molar-refractivity contribution in [2.75, 3.05) is 6.61 Å². The van der Waals surface area contributed by atoms with Crippen LogP contribution in [0.4, 0.5) is 0 Å². The smallest absolute Gasteiger partial charge is 0.163 e. The number of carbonyl (C=O) groups is 1. The SMILES string of the molecule is CCOCc1ccc(C(C)=O)c(O)c1. The molecule has 0 atom stereocenters. The van der Waals surface area contributed by atoms with Gasteiger partial charge in [-0.2, -0.15) is 0 Å². The fourth-order valence-corrected chi connectivity index (χ4v) is 1.18. The van der Waals surface area contributed by atoms with Crippen molar-refractivity contribution in [3.8, 4) is 5.75 Å². The van der Waals surface area contributed by atoms with E-state index in [4.69, 9.17) is 4.74 Å². The predicted octanol–water partition coefficient (Wildman–Crippen LogP) is 2.13. The van der Waals surface area contributed by atoms with E-state index in [9.17, 15) is 9.90 Å². The van der Waals surface area contributed by atoms with Gasteiger partial charge < -0.3 is 9.84 Å². The topological polar surface area (TPSA) is 46.5 Å². The fraction of sp³-hybridized carbons (Fsp3) is 0.364. The Labute approximate surface area is 83.3 Å². The first-order chi connectivity index (χ1) is 6.65. The Kier molecular flexibility index (Phi) is 3.65. The van der Waals surface area contributed by atoms with Gasteiger partial charge in [0.15, 0.2) is 5.78 Å². The lowest BCUT2D eigenvalue weighted by Crippen LogP contribution is -1.96. The molecule has 0 saturated heterocycles. The van der Waals surface area contributed by atoms with Crippen LogP contribution in [-0.4, -0.2) is 17.5 Å². The summed E-state index contributed by atoms with van der Waals surface area (Å²) >= 11 is 0. The van der Waals surface area contributed by atoms with Gasteiger partial charge in [0, 0.05) is 6.61 Å². The minimum atomic E-state index is -0.134. The quantitative estimate of drug-likeness (QED) is 0.747. The summed E-state index contributed by atoms with van der Waals surface area (Å²) in [6.07, 6.45) is 0. The maximum Gasteiger partial charge on any atom is 0.163 e. The first kappa shape index (κ1) is 10.7. The molecule has 0 fully saturated rings. The Bertz CT molecular complexity index is 331. The summed E-state index contributed by atoms with van der Waals surface area (Å²) in [5.41, 5.74) is 1.22.